The van der Waals surface area contributed by atoms with Gasteiger partial charge < -0.3 is 15.1 Å². The molecule has 6 aromatic rings. The molecule has 0 bridgehead atoms. The van der Waals surface area contributed by atoms with Crippen molar-refractivity contribution in [2.75, 3.05) is 0 Å². The fourth-order valence-corrected chi connectivity index (χ4v) is 5.95. The number of hydrogen-bond donors (Lipinski definition) is 1. The number of fused-ring (bicyclic) bond motifs is 3. The van der Waals surface area contributed by atoms with Crippen LogP contribution in [-0.4, -0.2) is 20.9 Å². The van der Waals surface area contributed by atoms with Gasteiger partial charge in [0, 0.05) is 49.4 Å². The van der Waals surface area contributed by atoms with Gasteiger partial charge in [0.05, 0.1) is 0 Å². The van der Waals surface area contributed by atoms with E-state index in [0.29, 0.717) is 0 Å². The van der Waals surface area contributed by atoms with Gasteiger partial charge in [-0.1, -0.05) is 85.7 Å². The molecule has 279 valence electrons. The molecule has 6 heteroatoms. The Balaban J connectivity index is 0.000000224. The Bertz CT molecular complexity index is 2060. The van der Waals surface area contributed by atoms with Crippen LogP contribution in [0.1, 0.15) is 78.4 Å². The van der Waals surface area contributed by atoms with Crippen LogP contribution in [0.2, 0.25) is 0 Å². The molecule has 0 amide bonds. The molecule has 0 fully saturated rings. The van der Waals surface area contributed by atoms with E-state index in [1.54, 1.807) is 18.5 Å². The van der Waals surface area contributed by atoms with Gasteiger partial charge in [0.2, 0.25) is 0 Å². The third-order valence-corrected chi connectivity index (χ3v) is 10.4. The molecule has 0 aliphatic carbocycles. The van der Waals surface area contributed by atoms with Crippen molar-refractivity contribution in [3.05, 3.63) is 144 Å². The van der Waals surface area contributed by atoms with Gasteiger partial charge in [-0.25, -0.2) is 4.39 Å². The van der Waals surface area contributed by atoms with Gasteiger partial charge in [0.25, 0.3) is 0 Å². The first-order valence-electron chi connectivity index (χ1n) is 18.2. The average Bonchev–Trinajstić information content (AvgIpc) is 3.17. The third-order valence-electron chi connectivity index (χ3n) is 10.4. The molecule has 0 atom stereocenters. The van der Waals surface area contributed by atoms with Crippen LogP contribution in [-0.2, 0) is 24.9 Å². The number of rotatable bonds is 9. The molecule has 0 aliphatic rings. The molecule has 0 aliphatic heterocycles. The fraction of sp³-hybridized carbons (Fsp3) is 0.298. The van der Waals surface area contributed by atoms with E-state index in [1.165, 1.54) is 17.7 Å². The van der Waals surface area contributed by atoms with Crippen LogP contribution >= 0.6 is 0 Å². The first-order valence-corrected chi connectivity index (χ1v) is 18.2. The predicted molar refractivity (Wildman–Crippen MR) is 215 cm³/mol. The van der Waals surface area contributed by atoms with Gasteiger partial charge >= 0.3 is 0 Å². The van der Waals surface area contributed by atoms with Gasteiger partial charge in [-0.3, -0.25) is 4.79 Å². The summed E-state index contributed by atoms with van der Waals surface area (Å²) in [5.41, 5.74) is 5.54. The van der Waals surface area contributed by atoms with Gasteiger partial charge in [0.15, 0.2) is 5.78 Å². The maximum absolute atomic E-state index is 13.7. The minimum Gasteiger partial charge on any atom is -0.512 e. The van der Waals surface area contributed by atoms with Crippen molar-refractivity contribution in [2.45, 2.75) is 81.1 Å². The fourth-order valence-electron chi connectivity index (χ4n) is 5.95. The second-order valence-electron chi connectivity index (χ2n) is 13.9. The van der Waals surface area contributed by atoms with E-state index < -0.39 is 0 Å². The summed E-state index contributed by atoms with van der Waals surface area (Å²) in [6.45, 7) is 16.2. The molecular formula is C47H51FIrN2O2-2. The Kier molecular flexibility index (Phi) is 15.8. The van der Waals surface area contributed by atoms with E-state index in [-0.39, 0.29) is 48.3 Å². The van der Waals surface area contributed by atoms with Crippen molar-refractivity contribution in [1.82, 2.24) is 9.97 Å². The molecule has 1 N–H and O–H groups in total. The number of carbonyl (C=O) groups is 1. The molecule has 0 saturated carbocycles. The van der Waals surface area contributed by atoms with Crippen LogP contribution in [0.4, 0.5) is 4.39 Å². The number of allylic oxidation sites excluding steroid dienone is 2. The first kappa shape index (κ1) is 42.9. The molecular weight excluding hydrogens is 836 g/mol. The van der Waals surface area contributed by atoms with Crippen LogP contribution < -0.4 is 0 Å². The number of aliphatic hydroxyl groups is 1. The molecule has 0 saturated heterocycles. The number of aliphatic hydroxyl groups excluding tert-OH is 1. The summed E-state index contributed by atoms with van der Waals surface area (Å²) < 4.78 is 13.7. The molecule has 2 heterocycles. The SMILES string of the molecule is CCC(C)(CC)C(=O)/C=C(\O)C(C)(CC)CC.Cc1[c-]c(-c2nccc3c2ccc2ccc(F)cc23)cc(C)c1.[Ir].[c-]1ccccc1-c1ccccn1. The number of hydrogen-bond acceptors (Lipinski definition) is 4. The molecule has 4 aromatic carbocycles. The Morgan fingerprint density at radius 3 is 2.04 bits per heavy atom. The summed E-state index contributed by atoms with van der Waals surface area (Å²) in [4.78, 5) is 21.0. The largest absolute Gasteiger partial charge is 0.512 e. The Morgan fingerprint density at radius 1 is 0.755 bits per heavy atom. The van der Waals surface area contributed by atoms with E-state index >= 15 is 0 Å². The van der Waals surface area contributed by atoms with E-state index in [4.69, 9.17) is 0 Å². The summed E-state index contributed by atoms with van der Waals surface area (Å²) in [5, 5.41) is 14.1. The minimum absolute atomic E-state index is 0. The Morgan fingerprint density at radius 2 is 1.43 bits per heavy atom. The van der Waals surface area contributed by atoms with Gasteiger partial charge in [-0.05, 0) is 82.9 Å². The predicted octanol–water partition coefficient (Wildman–Crippen LogP) is 12.8. The van der Waals surface area contributed by atoms with E-state index in [9.17, 15) is 14.3 Å². The van der Waals surface area contributed by atoms with E-state index in [0.717, 1.165) is 75.3 Å². The number of benzene rings is 4. The monoisotopic (exact) mass is 887 g/mol. The molecule has 1 radical (unpaired) electrons. The summed E-state index contributed by atoms with van der Waals surface area (Å²) in [6.07, 6.45) is 8.33. The molecule has 2 aromatic heterocycles. The van der Waals surface area contributed by atoms with E-state index in [2.05, 4.69) is 47.2 Å². The van der Waals surface area contributed by atoms with Crippen molar-refractivity contribution in [3.8, 4) is 22.5 Å². The van der Waals surface area contributed by atoms with Crippen LogP contribution in [0, 0.1) is 42.6 Å². The molecule has 0 spiro atoms. The smallest absolute Gasteiger partial charge is 0.164 e. The molecule has 4 nitrogen and oxygen atoms in total. The van der Waals surface area contributed by atoms with Crippen LogP contribution in [0.3, 0.4) is 0 Å². The van der Waals surface area contributed by atoms with Crippen molar-refractivity contribution < 1.29 is 34.4 Å². The van der Waals surface area contributed by atoms with Gasteiger partial charge in [-0.2, -0.15) is 0 Å². The number of pyridine rings is 2. The van der Waals surface area contributed by atoms with Crippen LogP contribution in [0.15, 0.2) is 115 Å². The zero-order valence-electron chi connectivity index (χ0n) is 32.2. The zero-order chi connectivity index (χ0) is 37.9. The summed E-state index contributed by atoms with van der Waals surface area (Å²) in [6, 6.07) is 35.3. The molecule has 0 unspecified atom stereocenters. The second kappa shape index (κ2) is 19.5. The summed E-state index contributed by atoms with van der Waals surface area (Å²) >= 11 is 0. The number of aryl methyl sites for hydroxylation is 2. The van der Waals surface area contributed by atoms with Gasteiger partial charge in [0.1, 0.15) is 11.6 Å². The number of aromatic nitrogens is 2. The molecule has 6 rings (SSSR count). The molecule has 53 heavy (non-hydrogen) atoms. The average molecular weight is 887 g/mol. The minimum atomic E-state index is -0.337. The number of ketones is 1. The van der Waals surface area contributed by atoms with Crippen molar-refractivity contribution in [1.29, 1.82) is 0 Å². The number of halogens is 1. The van der Waals surface area contributed by atoms with Crippen molar-refractivity contribution >= 4 is 27.3 Å². The van der Waals surface area contributed by atoms with Gasteiger partial charge in [-0.15, -0.1) is 70.8 Å². The first-order chi connectivity index (χ1) is 24.9. The Hall–Kier alpha value is -4.51. The third kappa shape index (κ3) is 10.8. The van der Waals surface area contributed by atoms with Crippen LogP contribution in [0.5, 0.6) is 0 Å². The van der Waals surface area contributed by atoms with Crippen molar-refractivity contribution in [3.63, 3.8) is 0 Å². The number of nitrogens with zero attached hydrogens (tertiary/aromatic N) is 2. The summed E-state index contributed by atoms with van der Waals surface area (Å²) in [7, 11) is 0. The normalized spacial score (nSPS) is 11.5. The topological polar surface area (TPSA) is 63.1 Å². The summed E-state index contributed by atoms with van der Waals surface area (Å²) in [5.74, 6) is 0.0649. The Labute approximate surface area is 329 Å². The number of carbonyl (C=O) groups excluding carboxylic acids is 1. The maximum Gasteiger partial charge on any atom is 0.164 e. The standard InChI is InChI=1S/C21H15FN.C15H28O2.C11H8N.Ir/c1-13-9-14(2)11-16(10-13)21-19-6-4-15-3-5-17(22)12-20(15)18(19)7-8-23-21;1-7-14(5,8-2)12(16)11-13(17)15(6,9-3)10-4;1-2-6-10(7-3-1)11-8-4-5-9-12-11;/h3-10,12H,1-2H3;11,16H,7-10H2,1-6H3;1-6,8-9H;/q-1;;-1;/b;12-11-;;. The van der Waals surface area contributed by atoms with E-state index in [1.807, 2.05) is 109 Å². The quantitative estimate of drug-likeness (QED) is 0.0680. The van der Waals surface area contributed by atoms with Crippen LogP contribution in [0.25, 0.3) is 44.1 Å². The zero-order valence-corrected chi connectivity index (χ0v) is 34.6. The second-order valence-corrected chi connectivity index (χ2v) is 13.9. The maximum atomic E-state index is 13.7. The van der Waals surface area contributed by atoms with Crippen molar-refractivity contribution in [2.24, 2.45) is 10.8 Å².